The molecule has 0 radical (unpaired) electrons. The molecule has 394 valence electrons. The van der Waals surface area contributed by atoms with Crippen molar-refractivity contribution >= 4 is 99.0 Å². The molecule has 84 heavy (non-hydrogen) atoms. The van der Waals surface area contributed by atoms with E-state index in [9.17, 15) is 30.6 Å². The first-order chi connectivity index (χ1) is 40.9. The number of ketones is 2. The first kappa shape index (κ1) is 51.0. The number of carbonyl (C=O) groups excluding carboxylic acids is 2. The molecule has 0 bridgehead atoms. The summed E-state index contributed by atoms with van der Waals surface area (Å²) in [5.41, 5.74) is 17.9. The number of nitriles is 4. The number of Topliss-reactive ketones (excluding diaryl/α,β-unsaturated/α-hetero) is 2. The predicted molar refractivity (Wildman–Crippen MR) is 340 cm³/mol. The second-order valence-corrected chi connectivity index (χ2v) is 26.3. The molecule has 4 aliphatic carbocycles. The van der Waals surface area contributed by atoms with Crippen molar-refractivity contribution in [1.82, 2.24) is 0 Å². The van der Waals surface area contributed by atoms with Gasteiger partial charge in [0.2, 0.25) is 0 Å². The van der Waals surface area contributed by atoms with E-state index in [1.54, 1.807) is 57.5 Å². The van der Waals surface area contributed by atoms with Crippen LogP contribution in [0.5, 0.6) is 0 Å². The molecule has 0 spiro atoms. The molecule has 6 nitrogen and oxygen atoms in total. The van der Waals surface area contributed by atoms with Gasteiger partial charge in [0.25, 0.3) is 0 Å². The SMILES string of the molecule is Cc1ccc(C2(c3ccc(C)cc3)c3cc4c(cc3-c3sc5cc(/C=C6\C(=O)c7ccccc7C6=C(C#N)C#N)sc5c32)C(c2ccc(C)cc2)(c2ccc(C)cc2)c2c-4sc3cc(/C=C4\C(=O)c5ccccc5C4=C(C#N)C#N)sc23)cc1. The molecule has 0 saturated heterocycles. The Balaban J connectivity index is 1.02. The molecule has 4 aliphatic rings. The summed E-state index contributed by atoms with van der Waals surface area (Å²) in [4.78, 5) is 32.7. The summed E-state index contributed by atoms with van der Waals surface area (Å²) >= 11 is 6.81. The molecular weight excluding hydrogens is 1110 g/mol. The highest BCUT2D eigenvalue weighted by atomic mass is 32.1. The van der Waals surface area contributed by atoms with Gasteiger partial charge in [0.1, 0.15) is 35.4 Å². The van der Waals surface area contributed by atoms with Crippen LogP contribution in [-0.4, -0.2) is 11.6 Å². The smallest absolute Gasteiger partial charge is 0.194 e. The van der Waals surface area contributed by atoms with Crippen molar-refractivity contribution in [2.75, 3.05) is 0 Å². The molecule has 0 unspecified atom stereocenters. The van der Waals surface area contributed by atoms with E-state index in [0.717, 1.165) is 84.2 Å². The van der Waals surface area contributed by atoms with E-state index >= 15 is 0 Å². The lowest BCUT2D eigenvalue weighted by Crippen LogP contribution is -2.30. The Labute approximate surface area is 500 Å². The minimum atomic E-state index is -0.816. The third-order valence-corrected chi connectivity index (χ3v) is 22.1. The van der Waals surface area contributed by atoms with Crippen molar-refractivity contribution in [2.24, 2.45) is 0 Å². The van der Waals surface area contributed by atoms with E-state index in [4.69, 9.17) is 0 Å². The summed E-state index contributed by atoms with van der Waals surface area (Å²) in [6, 6.07) is 68.0. The monoisotopic (exact) mass is 1150 g/mol. The van der Waals surface area contributed by atoms with Gasteiger partial charge in [-0.1, -0.05) is 168 Å². The Morgan fingerprint density at radius 1 is 0.393 bits per heavy atom. The molecule has 11 aromatic rings. The highest BCUT2D eigenvalue weighted by Crippen LogP contribution is 2.68. The van der Waals surface area contributed by atoms with Crippen LogP contribution in [0.2, 0.25) is 0 Å². The maximum atomic E-state index is 14.3. The fourth-order valence-electron chi connectivity index (χ4n) is 13.6. The average Bonchev–Trinajstić information content (AvgIpc) is 1.60. The van der Waals surface area contributed by atoms with Crippen molar-refractivity contribution in [3.05, 3.63) is 291 Å². The first-order valence-electron chi connectivity index (χ1n) is 27.3. The lowest BCUT2D eigenvalue weighted by atomic mass is 9.65. The predicted octanol–water partition coefficient (Wildman–Crippen LogP) is 18.4. The van der Waals surface area contributed by atoms with Gasteiger partial charge in [0.15, 0.2) is 11.6 Å². The Bertz CT molecular complexity index is 4670. The van der Waals surface area contributed by atoms with Crippen molar-refractivity contribution < 1.29 is 9.59 Å². The third kappa shape index (κ3) is 7.01. The number of fused-ring (bicyclic) bond motifs is 12. The van der Waals surface area contributed by atoms with Crippen LogP contribution >= 0.6 is 45.3 Å². The van der Waals surface area contributed by atoms with Crippen LogP contribution in [0.25, 0.3) is 63.0 Å². The van der Waals surface area contributed by atoms with Gasteiger partial charge in [0.05, 0.1) is 20.2 Å². The summed E-state index contributed by atoms with van der Waals surface area (Å²) in [5, 5.41) is 40.9. The zero-order chi connectivity index (χ0) is 57.5. The molecule has 0 aliphatic heterocycles. The minimum Gasteiger partial charge on any atom is -0.289 e. The van der Waals surface area contributed by atoms with E-state index in [1.165, 1.54) is 32.0 Å². The van der Waals surface area contributed by atoms with Crippen LogP contribution in [0.3, 0.4) is 0 Å². The number of benzene rings is 7. The topological polar surface area (TPSA) is 129 Å². The van der Waals surface area contributed by atoms with Gasteiger partial charge in [-0.25, -0.2) is 0 Å². The summed E-state index contributed by atoms with van der Waals surface area (Å²) in [6.07, 6.45) is 3.76. The van der Waals surface area contributed by atoms with Gasteiger partial charge in [0, 0.05) is 73.5 Å². The Kier molecular flexibility index (Phi) is 11.4. The number of aryl methyl sites for hydroxylation is 4. The van der Waals surface area contributed by atoms with Crippen molar-refractivity contribution in [3.63, 3.8) is 0 Å². The maximum Gasteiger partial charge on any atom is 0.194 e. The first-order valence-corrected chi connectivity index (χ1v) is 30.6. The minimum absolute atomic E-state index is 0.0935. The number of thiophene rings is 4. The number of nitrogens with zero attached hydrogens (tertiary/aromatic N) is 4. The van der Waals surface area contributed by atoms with Crippen molar-refractivity contribution in [2.45, 2.75) is 38.5 Å². The lowest BCUT2D eigenvalue weighted by molar-refractivity contribution is 0.103. The van der Waals surface area contributed by atoms with Gasteiger partial charge in [-0.05, 0) is 120 Å². The number of hydrogen-bond acceptors (Lipinski definition) is 10. The van der Waals surface area contributed by atoms with E-state index < -0.39 is 10.8 Å². The summed E-state index contributed by atoms with van der Waals surface area (Å²) in [6.45, 7) is 8.49. The summed E-state index contributed by atoms with van der Waals surface area (Å²) in [7, 11) is 0. The lowest BCUT2D eigenvalue weighted by Gasteiger charge is -2.35. The number of rotatable bonds is 6. The Morgan fingerprint density at radius 3 is 1.01 bits per heavy atom. The van der Waals surface area contributed by atoms with E-state index in [1.807, 2.05) is 48.6 Å². The molecule has 0 amide bonds. The van der Waals surface area contributed by atoms with E-state index in [2.05, 4.69) is 173 Å². The van der Waals surface area contributed by atoms with Gasteiger partial charge in [-0.3, -0.25) is 9.59 Å². The zero-order valence-corrected chi connectivity index (χ0v) is 48.8. The van der Waals surface area contributed by atoms with Crippen LogP contribution in [-0.2, 0) is 10.8 Å². The molecule has 0 N–H and O–H groups in total. The molecule has 0 fully saturated rings. The van der Waals surface area contributed by atoms with Crippen LogP contribution in [0.15, 0.2) is 192 Å². The summed E-state index contributed by atoms with van der Waals surface area (Å²) < 4.78 is 4.36. The maximum absolute atomic E-state index is 14.3. The normalized spacial score (nSPS) is 15.6. The zero-order valence-electron chi connectivity index (χ0n) is 45.6. The molecule has 4 heterocycles. The molecule has 0 atom stereocenters. The molecule has 0 saturated carbocycles. The number of allylic oxidation sites excluding steroid dienone is 6. The van der Waals surface area contributed by atoms with Crippen LogP contribution < -0.4 is 0 Å². The van der Waals surface area contributed by atoms with Crippen LogP contribution in [0.1, 0.15) is 108 Å². The van der Waals surface area contributed by atoms with Gasteiger partial charge in [-0.2, -0.15) is 21.0 Å². The molecule has 15 rings (SSSR count). The van der Waals surface area contributed by atoms with Crippen LogP contribution in [0.4, 0.5) is 0 Å². The van der Waals surface area contributed by atoms with Gasteiger partial charge in [-0.15, -0.1) is 45.3 Å². The summed E-state index contributed by atoms with van der Waals surface area (Å²) in [5.74, 6) is -0.419. The van der Waals surface area contributed by atoms with Crippen LogP contribution in [0, 0.1) is 73.0 Å². The van der Waals surface area contributed by atoms with E-state index in [0.29, 0.717) is 44.5 Å². The van der Waals surface area contributed by atoms with Gasteiger partial charge >= 0.3 is 0 Å². The van der Waals surface area contributed by atoms with Crippen molar-refractivity contribution in [1.29, 1.82) is 21.0 Å². The molecule has 10 heteroatoms. The quantitative estimate of drug-likeness (QED) is 0.120. The fraction of sp³-hybridized carbons (Fsp3) is 0.0811. The average molecular weight is 1150 g/mol. The number of hydrogen-bond donors (Lipinski definition) is 0. The van der Waals surface area contributed by atoms with E-state index in [-0.39, 0.29) is 22.7 Å². The fourth-order valence-corrected chi connectivity index (χ4v) is 19.1. The Hall–Kier alpha value is -9.88. The highest BCUT2D eigenvalue weighted by molar-refractivity contribution is 7.31. The molecular formula is C74H42N4O2S4. The van der Waals surface area contributed by atoms with Crippen molar-refractivity contribution in [3.8, 4) is 45.2 Å². The second-order valence-electron chi connectivity index (χ2n) is 22.0. The Morgan fingerprint density at radius 2 is 0.702 bits per heavy atom. The second kappa shape index (κ2) is 18.8. The highest BCUT2D eigenvalue weighted by Gasteiger charge is 2.54. The third-order valence-electron chi connectivity index (χ3n) is 17.3. The molecule has 7 aromatic carbocycles. The largest absolute Gasteiger partial charge is 0.289 e. The standard InChI is InChI=1S/C74H42N4O2S4/c1-39-13-21-45(22-14-39)73(46-23-15-40(2)16-24-46)59-33-56-60(34-55(59)69-65(73)71-61(83-69)31-49(81-71)29-57-63(43(35-75)36-76)51-9-5-7-11-53(51)67(57)79)74(47-25-17-41(3)18-26-47,48-27-19-42(4)20-28-48)66-70(56)84-62-32-50(82-72(62)66)30-58-64(44(37-77)38-78)52-10-6-8-12-54(52)68(58)80/h5-34H,1-4H3/b57-29-,58-30-. The molecule has 4 aromatic heterocycles. The number of carbonyl (C=O) groups is 2. The van der Waals surface area contributed by atoms with Gasteiger partial charge < -0.3 is 0 Å².